The van der Waals surface area contributed by atoms with Crippen LogP contribution in [0.1, 0.15) is 42.8 Å². The lowest BCUT2D eigenvalue weighted by Crippen LogP contribution is -1.96. The molecular formula is C84H115ClN6. The van der Waals surface area contributed by atoms with Crippen LogP contribution in [-0.4, -0.2) is 27.8 Å². The smallest absolute Gasteiger partial charge is 0.0562 e. The van der Waals surface area contributed by atoms with E-state index in [9.17, 15) is 0 Å². The molecule has 7 heteroatoms. The summed E-state index contributed by atoms with van der Waals surface area (Å²) in [6.07, 6.45) is 0. The van der Waals surface area contributed by atoms with E-state index < -0.39 is 0 Å². The molecule has 0 fully saturated rings. The molecule has 0 amide bonds. The monoisotopic (exact) mass is 1240 g/mol. The van der Waals surface area contributed by atoms with Crippen LogP contribution in [0.15, 0.2) is 328 Å². The van der Waals surface area contributed by atoms with Crippen LogP contribution in [0.25, 0.3) is 159 Å². The molecule has 0 aliphatic heterocycles. The Labute approximate surface area is 572 Å². The van der Waals surface area contributed by atoms with E-state index in [0.717, 1.165) is 33.3 Å². The normalized spacial score (nSPS) is 11.8. The number of rotatable bonds is 5. The van der Waals surface area contributed by atoms with E-state index in [1.165, 1.54) is 131 Å². The van der Waals surface area contributed by atoms with E-state index >= 15 is 0 Å². The number of hydrogen-bond acceptors (Lipinski definition) is 0. The molecule has 91 heavy (non-hydrogen) atoms. The summed E-state index contributed by atoms with van der Waals surface area (Å²) in [4.78, 5) is 3.38. The van der Waals surface area contributed by atoms with Crippen molar-refractivity contribution in [1.82, 2.24) is 27.8 Å². The van der Waals surface area contributed by atoms with Gasteiger partial charge in [-0.15, -0.1) is 0 Å². The molecule has 0 saturated carbocycles. The number of fused-ring (bicyclic) bond motifs is 20. The van der Waals surface area contributed by atoms with E-state index in [1.807, 2.05) is 6.07 Å². The summed E-state index contributed by atoms with van der Waals surface area (Å²) in [6, 6.07) is 117. The molecule has 6 heterocycles. The number of para-hydroxylation sites is 10. The van der Waals surface area contributed by atoms with Gasteiger partial charge in [-0.1, -0.05) is 206 Å². The maximum Gasteiger partial charge on any atom is 0.0562 e. The summed E-state index contributed by atoms with van der Waals surface area (Å²) in [7, 11) is 0. The predicted octanol–water partition coefficient (Wildman–Crippen LogP) is 30.2. The summed E-state index contributed by atoms with van der Waals surface area (Å²) >= 11 is 6.49. The van der Waals surface area contributed by atoms with Gasteiger partial charge in [-0.3, -0.25) is 0 Å². The summed E-state index contributed by atoms with van der Waals surface area (Å²) in [6.45, 7) is 0. The molecule has 14 aromatic carbocycles. The molecular weight excluding hydrogens is 1130 g/mol. The first kappa shape index (κ1) is 52.3. The first-order valence-electron chi connectivity index (χ1n) is 30.9. The fraction of sp³-hybridized carbons (Fsp3) is 0. The van der Waals surface area contributed by atoms with Crippen molar-refractivity contribution in [3.63, 3.8) is 0 Å². The highest BCUT2D eigenvalue weighted by Gasteiger charge is 2.24. The van der Waals surface area contributed by atoms with Gasteiger partial charge in [0.2, 0.25) is 0 Å². The molecule has 0 spiro atoms. The lowest BCUT2D eigenvalue weighted by Gasteiger charge is -2.11. The number of halogens is 1. The minimum atomic E-state index is 0. The van der Waals surface area contributed by atoms with E-state index in [-0.39, 0.29) is 42.8 Å². The third-order valence-electron chi connectivity index (χ3n) is 18.4. The Hall–Kier alpha value is -11.8. The van der Waals surface area contributed by atoms with Gasteiger partial charge in [-0.25, -0.2) is 0 Å². The van der Waals surface area contributed by atoms with Crippen LogP contribution in [0.5, 0.6) is 0 Å². The second kappa shape index (κ2) is 21.2. The second-order valence-electron chi connectivity index (χ2n) is 23.4. The van der Waals surface area contributed by atoms with Gasteiger partial charge in [0.25, 0.3) is 0 Å². The number of benzene rings is 14. The molecule has 6 aromatic heterocycles. The highest BCUT2D eigenvalue weighted by atomic mass is 35.5. The molecule has 6 nitrogen and oxygen atoms in total. The van der Waals surface area contributed by atoms with Crippen molar-refractivity contribution in [2.24, 2.45) is 0 Å². The van der Waals surface area contributed by atoms with E-state index in [0.29, 0.717) is 0 Å². The van der Waals surface area contributed by atoms with Gasteiger partial charge in [0.05, 0.1) is 55.2 Å². The Bertz CT molecular complexity index is 6200. The van der Waals surface area contributed by atoms with Crippen LogP contribution in [0.3, 0.4) is 0 Å². The van der Waals surface area contributed by atoms with E-state index in [2.05, 4.69) is 349 Å². The quantitative estimate of drug-likeness (QED) is 0.178. The van der Waals surface area contributed by atoms with Gasteiger partial charge in [0.1, 0.15) is 0 Å². The van der Waals surface area contributed by atoms with Gasteiger partial charge < -0.3 is 27.8 Å². The average Bonchev–Trinajstić information content (AvgIpc) is 1.55. The van der Waals surface area contributed by atoms with Crippen molar-refractivity contribution in [3.05, 3.63) is 333 Å². The third kappa shape index (κ3) is 8.27. The molecule has 20 rings (SSSR count). The van der Waals surface area contributed by atoms with Crippen LogP contribution in [0, 0.1) is 0 Å². The maximum atomic E-state index is 6.49. The largest absolute Gasteiger partial charge is 0.355 e. The minimum Gasteiger partial charge on any atom is -0.355 e. The van der Waals surface area contributed by atoms with Gasteiger partial charge in [-0.05, 0) is 133 Å². The number of H-pyrrole nitrogens is 1. The van der Waals surface area contributed by atoms with Gasteiger partial charge in [0.15, 0.2) is 0 Å². The Morgan fingerprint density at radius 1 is 0.198 bits per heavy atom. The summed E-state index contributed by atoms with van der Waals surface area (Å²) in [5.74, 6) is 0. The van der Waals surface area contributed by atoms with Crippen molar-refractivity contribution >= 4 is 142 Å². The highest BCUT2D eigenvalue weighted by molar-refractivity contribution is 6.34. The zero-order chi connectivity index (χ0) is 60.1. The number of aromatic nitrogens is 6. The molecule has 0 aliphatic rings. The van der Waals surface area contributed by atoms with Crippen molar-refractivity contribution in [2.75, 3.05) is 0 Å². The lowest BCUT2D eigenvalue weighted by molar-refractivity contribution is 1.15. The molecule has 0 aliphatic carbocycles. The van der Waals surface area contributed by atoms with Gasteiger partial charge in [-0.2, -0.15) is 0 Å². The Morgan fingerprint density at radius 3 is 0.868 bits per heavy atom. The van der Waals surface area contributed by atoms with Crippen LogP contribution in [0.4, 0.5) is 0 Å². The van der Waals surface area contributed by atoms with Gasteiger partial charge in [0, 0.05) is 152 Å². The molecule has 0 unspecified atom stereocenters. The predicted molar refractivity (Wildman–Crippen MR) is 449 cm³/mol. The Morgan fingerprint density at radius 2 is 0.473 bits per heavy atom. The van der Waals surface area contributed by atoms with Crippen molar-refractivity contribution in [1.29, 1.82) is 0 Å². The summed E-state index contributed by atoms with van der Waals surface area (Å²) in [5, 5.41) is 16.0. The lowest BCUT2D eigenvalue weighted by atomic mass is 10.1. The fourth-order valence-electron chi connectivity index (χ4n) is 14.7. The molecule has 0 saturated heterocycles. The van der Waals surface area contributed by atoms with Crippen LogP contribution < -0.4 is 0 Å². The average molecular weight is 1240 g/mol. The van der Waals surface area contributed by atoms with E-state index in [4.69, 9.17) is 11.6 Å². The standard InChI is InChI=1S/C42H27N3.C30H19ClN2.C12H9N.30H2/c1-3-13-28(14-4-1)43-37-22-12-9-19-33(37)41-38(43)25-26-39-42(41)34-24-23-30(27-40(34)44(39)29-15-5-2-6-16-29)45-35-20-10-7-17-31(35)32-18-8-11-21-36(32)45;31-20-15-16-24-28(19-20)33(22-11-5-2-6-12-22)27-18-17-26-29(30(24)27)23-13-7-8-14-25(23)32(26)21-9-3-1-4-10-21;1-3-7-11-9(5-1)10-6-2-4-8-12(10)13-11;;;;;;;;;;;;;;;;;;;;;;;;;;;;;;/h1-27H;1-19H;1-8,13H;30*1H. The Balaban J connectivity index is -0.000000127. The zero-order valence-corrected chi connectivity index (χ0v) is 50.0. The molecule has 1 N–H and O–H groups in total. The van der Waals surface area contributed by atoms with Crippen LogP contribution >= 0.6 is 11.6 Å². The third-order valence-corrected chi connectivity index (χ3v) is 18.6. The van der Waals surface area contributed by atoms with Crippen molar-refractivity contribution in [2.45, 2.75) is 0 Å². The summed E-state index contributed by atoms with van der Waals surface area (Å²) in [5.41, 5.74) is 20.2. The van der Waals surface area contributed by atoms with Crippen molar-refractivity contribution < 1.29 is 42.8 Å². The number of nitrogens with zero attached hydrogens (tertiary/aromatic N) is 5. The fourth-order valence-corrected chi connectivity index (χ4v) is 14.8. The number of nitrogens with one attached hydrogen (secondary N) is 1. The molecule has 488 valence electrons. The first-order valence-corrected chi connectivity index (χ1v) is 31.3. The topological polar surface area (TPSA) is 40.4 Å². The zero-order valence-electron chi connectivity index (χ0n) is 49.3. The SMILES string of the molecule is Clc1ccc2c3c4c5ccccc5n(-c5ccccc5)c4ccc3n(-c3ccccc3)c2c1.[HH].[HH].[HH].[HH].[HH].[HH].[HH].[HH].[HH].[HH].[HH].[HH].[HH].[HH].[HH].[HH].[HH].[HH].[HH].[HH].[HH].[HH].[HH].[HH].[HH].[HH].[HH].[HH].[HH].[HH].c1ccc(-n2c3ccccc3c3c4c5ccc(-n6c7ccccc7c7ccccc76)cc5n(-c5ccccc5)c4ccc32)cc1.c1ccc2c(c1)[nH]c1ccccc12. The van der Waals surface area contributed by atoms with Crippen LogP contribution in [-0.2, 0) is 0 Å². The Kier molecular flexibility index (Phi) is 12.2. The second-order valence-corrected chi connectivity index (χ2v) is 23.8. The minimum absolute atomic E-state index is 0. The van der Waals surface area contributed by atoms with Crippen LogP contribution in [0.2, 0.25) is 5.02 Å². The summed E-state index contributed by atoms with van der Waals surface area (Å²) < 4.78 is 11.9. The molecule has 0 radical (unpaired) electrons. The highest BCUT2D eigenvalue weighted by Crippen LogP contribution is 2.46. The van der Waals surface area contributed by atoms with E-state index in [1.54, 1.807) is 0 Å². The molecule has 0 bridgehead atoms. The first-order chi connectivity index (χ1) is 45.1. The van der Waals surface area contributed by atoms with Gasteiger partial charge >= 0.3 is 0 Å². The number of aromatic amines is 1. The molecule has 20 aromatic rings. The number of hydrogen-bond donors (Lipinski definition) is 1. The van der Waals surface area contributed by atoms with Crippen molar-refractivity contribution in [3.8, 4) is 28.4 Å². The molecule has 0 atom stereocenters. The maximum absolute atomic E-state index is 6.49.